The molecule has 1 aliphatic rings. The summed E-state index contributed by atoms with van der Waals surface area (Å²) in [4.78, 5) is 0. The van der Waals surface area contributed by atoms with Crippen molar-refractivity contribution in [2.45, 2.75) is 65.3 Å². The van der Waals surface area contributed by atoms with E-state index < -0.39 is 0 Å². The first-order valence-electron chi connectivity index (χ1n) is 7.91. The minimum absolute atomic E-state index is 0.390. The fraction of sp³-hybridized carbons (Fsp3) is 0.667. The predicted octanol–water partition coefficient (Wildman–Crippen LogP) is 4.52. The van der Waals surface area contributed by atoms with E-state index in [0.717, 1.165) is 12.5 Å². The van der Waals surface area contributed by atoms with Crippen LogP contribution in [0.2, 0.25) is 0 Å². The molecule has 2 atom stereocenters. The number of rotatable bonds is 6. The smallest absolute Gasteiger partial charge is 0.0130 e. The van der Waals surface area contributed by atoms with Crippen LogP contribution in [0, 0.1) is 5.41 Å². The van der Waals surface area contributed by atoms with Crippen LogP contribution in [0.4, 0.5) is 0 Å². The SMILES string of the molecule is CCCNC1CC(c2ccc(CCC)cc2)C1(C)C. The first-order valence-corrected chi connectivity index (χ1v) is 7.91. The molecule has 0 aromatic heterocycles. The maximum atomic E-state index is 3.69. The van der Waals surface area contributed by atoms with Crippen LogP contribution in [0.5, 0.6) is 0 Å². The molecule has 0 amide bonds. The van der Waals surface area contributed by atoms with Crippen molar-refractivity contribution in [3.8, 4) is 0 Å². The molecule has 0 heterocycles. The molecule has 0 radical (unpaired) electrons. The van der Waals surface area contributed by atoms with Crippen molar-refractivity contribution in [2.75, 3.05) is 6.54 Å². The van der Waals surface area contributed by atoms with E-state index >= 15 is 0 Å². The molecule has 0 saturated heterocycles. The van der Waals surface area contributed by atoms with Gasteiger partial charge in [-0.05, 0) is 48.3 Å². The molecule has 1 aromatic carbocycles. The van der Waals surface area contributed by atoms with Crippen molar-refractivity contribution in [1.82, 2.24) is 5.32 Å². The third-order valence-corrected chi connectivity index (χ3v) is 4.83. The quantitative estimate of drug-likeness (QED) is 0.792. The maximum Gasteiger partial charge on any atom is 0.0130 e. The maximum absolute atomic E-state index is 3.69. The molecular weight excluding hydrogens is 230 g/mol. The van der Waals surface area contributed by atoms with Crippen LogP contribution in [-0.4, -0.2) is 12.6 Å². The molecule has 1 aromatic rings. The lowest BCUT2D eigenvalue weighted by molar-refractivity contribution is 0.0695. The molecule has 1 fully saturated rings. The molecule has 0 spiro atoms. The zero-order valence-corrected chi connectivity index (χ0v) is 13.0. The van der Waals surface area contributed by atoms with E-state index in [9.17, 15) is 0 Å². The molecule has 1 nitrogen and oxygen atoms in total. The van der Waals surface area contributed by atoms with E-state index in [-0.39, 0.29) is 0 Å². The molecule has 0 bridgehead atoms. The summed E-state index contributed by atoms with van der Waals surface area (Å²) in [5.41, 5.74) is 3.39. The monoisotopic (exact) mass is 259 g/mol. The Bertz CT molecular complexity index is 391. The number of hydrogen-bond acceptors (Lipinski definition) is 1. The van der Waals surface area contributed by atoms with Gasteiger partial charge in [0, 0.05) is 6.04 Å². The molecule has 1 saturated carbocycles. The summed E-state index contributed by atoms with van der Waals surface area (Å²) in [5, 5.41) is 3.69. The van der Waals surface area contributed by atoms with Crippen molar-refractivity contribution >= 4 is 0 Å². The molecule has 19 heavy (non-hydrogen) atoms. The van der Waals surface area contributed by atoms with Gasteiger partial charge in [-0.3, -0.25) is 0 Å². The van der Waals surface area contributed by atoms with Gasteiger partial charge in [0.2, 0.25) is 0 Å². The van der Waals surface area contributed by atoms with Crippen LogP contribution < -0.4 is 5.32 Å². The first kappa shape index (κ1) is 14.6. The number of aryl methyl sites for hydroxylation is 1. The Hall–Kier alpha value is -0.820. The fourth-order valence-electron chi connectivity index (χ4n) is 3.36. The molecular formula is C18H29N. The molecule has 2 rings (SSSR count). The van der Waals surface area contributed by atoms with E-state index in [4.69, 9.17) is 0 Å². The number of hydrogen-bond donors (Lipinski definition) is 1. The Morgan fingerprint density at radius 2 is 1.79 bits per heavy atom. The highest BCUT2D eigenvalue weighted by Gasteiger charge is 2.47. The highest BCUT2D eigenvalue weighted by molar-refractivity contribution is 5.30. The van der Waals surface area contributed by atoms with Crippen molar-refractivity contribution in [1.29, 1.82) is 0 Å². The molecule has 1 N–H and O–H groups in total. The number of nitrogens with one attached hydrogen (secondary N) is 1. The Morgan fingerprint density at radius 1 is 1.11 bits per heavy atom. The predicted molar refractivity (Wildman–Crippen MR) is 83.7 cm³/mol. The fourth-order valence-corrected chi connectivity index (χ4v) is 3.36. The van der Waals surface area contributed by atoms with Gasteiger partial charge >= 0.3 is 0 Å². The lowest BCUT2D eigenvalue weighted by atomic mass is 9.56. The zero-order valence-electron chi connectivity index (χ0n) is 13.0. The van der Waals surface area contributed by atoms with Gasteiger partial charge in [0.05, 0.1) is 0 Å². The average Bonchev–Trinajstić information content (AvgIpc) is 2.40. The minimum atomic E-state index is 0.390. The molecule has 1 aliphatic carbocycles. The van der Waals surface area contributed by atoms with Crippen LogP contribution in [-0.2, 0) is 6.42 Å². The van der Waals surface area contributed by atoms with Gasteiger partial charge in [0.15, 0.2) is 0 Å². The summed E-state index contributed by atoms with van der Waals surface area (Å²) >= 11 is 0. The highest BCUT2D eigenvalue weighted by atomic mass is 15.0. The van der Waals surface area contributed by atoms with E-state index in [1.165, 1.54) is 36.8 Å². The van der Waals surface area contributed by atoms with Crippen molar-refractivity contribution < 1.29 is 0 Å². The second-order valence-electron chi connectivity index (χ2n) is 6.61. The van der Waals surface area contributed by atoms with E-state index in [0.29, 0.717) is 11.5 Å². The van der Waals surface area contributed by atoms with Gasteiger partial charge in [0.1, 0.15) is 0 Å². The summed E-state index contributed by atoms with van der Waals surface area (Å²) in [6, 6.07) is 10.0. The van der Waals surface area contributed by atoms with Gasteiger partial charge in [-0.2, -0.15) is 0 Å². The normalized spacial score (nSPS) is 25.1. The summed E-state index contributed by atoms with van der Waals surface area (Å²) in [7, 11) is 0. The second-order valence-corrected chi connectivity index (χ2v) is 6.61. The highest BCUT2D eigenvalue weighted by Crippen LogP contribution is 2.52. The van der Waals surface area contributed by atoms with E-state index in [1.54, 1.807) is 0 Å². The largest absolute Gasteiger partial charge is 0.313 e. The standard InChI is InChI=1S/C18H29N/c1-5-7-14-8-10-15(11-9-14)16-13-17(18(16,3)4)19-12-6-2/h8-11,16-17,19H,5-7,12-13H2,1-4H3. The van der Waals surface area contributed by atoms with Crippen LogP contribution >= 0.6 is 0 Å². The van der Waals surface area contributed by atoms with Crippen LogP contribution in [0.3, 0.4) is 0 Å². The summed E-state index contributed by atoms with van der Waals surface area (Å²) < 4.78 is 0. The van der Waals surface area contributed by atoms with Gasteiger partial charge in [0.25, 0.3) is 0 Å². The molecule has 106 valence electrons. The summed E-state index contributed by atoms with van der Waals surface area (Å²) in [6.45, 7) is 10.5. The van der Waals surface area contributed by atoms with Gasteiger partial charge in [-0.1, -0.05) is 58.4 Å². The van der Waals surface area contributed by atoms with Crippen LogP contribution in [0.25, 0.3) is 0 Å². The van der Waals surface area contributed by atoms with Crippen LogP contribution in [0.1, 0.15) is 64.0 Å². The summed E-state index contributed by atoms with van der Waals surface area (Å²) in [6.07, 6.45) is 4.95. The third-order valence-electron chi connectivity index (χ3n) is 4.83. The van der Waals surface area contributed by atoms with E-state index in [1.807, 2.05) is 0 Å². The van der Waals surface area contributed by atoms with Crippen molar-refractivity contribution in [3.05, 3.63) is 35.4 Å². The first-order chi connectivity index (χ1) is 9.09. The van der Waals surface area contributed by atoms with Gasteiger partial charge in [-0.15, -0.1) is 0 Å². The second kappa shape index (κ2) is 6.09. The van der Waals surface area contributed by atoms with Gasteiger partial charge < -0.3 is 5.32 Å². The van der Waals surface area contributed by atoms with Gasteiger partial charge in [-0.25, -0.2) is 0 Å². The summed E-state index contributed by atoms with van der Waals surface area (Å²) in [5.74, 6) is 0.720. The number of benzene rings is 1. The minimum Gasteiger partial charge on any atom is -0.313 e. The average molecular weight is 259 g/mol. The van der Waals surface area contributed by atoms with Crippen LogP contribution in [0.15, 0.2) is 24.3 Å². The van der Waals surface area contributed by atoms with Crippen molar-refractivity contribution in [3.63, 3.8) is 0 Å². The molecule has 1 heteroatoms. The third kappa shape index (κ3) is 3.02. The Balaban J connectivity index is 1.99. The Morgan fingerprint density at radius 3 is 2.32 bits per heavy atom. The zero-order chi connectivity index (χ0) is 13.9. The Labute approximate surface area is 118 Å². The lowest BCUT2D eigenvalue weighted by Gasteiger charge is -2.53. The lowest BCUT2D eigenvalue weighted by Crippen LogP contribution is -2.55. The topological polar surface area (TPSA) is 12.0 Å². The molecule has 2 unspecified atom stereocenters. The Kier molecular flexibility index (Phi) is 4.67. The van der Waals surface area contributed by atoms with E-state index in [2.05, 4.69) is 57.3 Å². The van der Waals surface area contributed by atoms with Crippen molar-refractivity contribution in [2.24, 2.45) is 5.41 Å². The molecule has 0 aliphatic heterocycles.